The van der Waals surface area contributed by atoms with Gasteiger partial charge in [-0.15, -0.1) is 0 Å². The summed E-state index contributed by atoms with van der Waals surface area (Å²) in [5.41, 5.74) is 0. The number of carbonyl (C=O) groups is 1. The SMILES string of the molecule is CCCCCCCCCCCCCCCCC[C@@H](O)[C@H](COP(=O)(O)OCC[N+](C)(C)C)NC(=O)CCCCCCCCCCCC. The Bertz CT molecular complexity index is 748. The van der Waals surface area contributed by atoms with Crippen molar-refractivity contribution in [2.24, 2.45) is 0 Å². The molecular formula is C38H80N2O6P+. The van der Waals surface area contributed by atoms with Gasteiger partial charge in [-0.1, -0.05) is 168 Å². The van der Waals surface area contributed by atoms with Crippen LogP contribution in [-0.2, 0) is 18.4 Å². The highest BCUT2D eigenvalue weighted by Crippen LogP contribution is 2.43. The molecule has 0 rings (SSSR count). The molecule has 0 bridgehead atoms. The number of nitrogens with zero attached hydrogens (tertiary/aromatic N) is 1. The van der Waals surface area contributed by atoms with E-state index < -0.39 is 20.0 Å². The Morgan fingerprint density at radius 1 is 0.638 bits per heavy atom. The molecule has 0 spiro atoms. The lowest BCUT2D eigenvalue weighted by molar-refractivity contribution is -0.870. The number of unbranched alkanes of at least 4 members (excludes halogenated alkanes) is 23. The molecule has 0 aliphatic carbocycles. The molecule has 3 atom stereocenters. The van der Waals surface area contributed by atoms with Gasteiger partial charge in [-0.3, -0.25) is 13.8 Å². The zero-order valence-corrected chi connectivity index (χ0v) is 32.7. The summed E-state index contributed by atoms with van der Waals surface area (Å²) in [5.74, 6) is -0.146. The van der Waals surface area contributed by atoms with Gasteiger partial charge in [-0.05, 0) is 12.8 Å². The lowest BCUT2D eigenvalue weighted by Crippen LogP contribution is -2.46. The molecule has 282 valence electrons. The van der Waals surface area contributed by atoms with Crippen LogP contribution in [0.4, 0.5) is 0 Å². The third kappa shape index (κ3) is 33.8. The minimum Gasteiger partial charge on any atom is -0.391 e. The summed E-state index contributed by atoms with van der Waals surface area (Å²) in [6.07, 6.45) is 31.2. The first-order valence-electron chi connectivity index (χ1n) is 19.9. The molecule has 1 amide bonds. The number of hydrogen-bond acceptors (Lipinski definition) is 5. The molecule has 47 heavy (non-hydrogen) atoms. The number of hydrogen-bond donors (Lipinski definition) is 3. The molecule has 0 heterocycles. The van der Waals surface area contributed by atoms with Crippen LogP contribution in [0.2, 0.25) is 0 Å². The van der Waals surface area contributed by atoms with Crippen molar-refractivity contribution in [3.8, 4) is 0 Å². The first-order chi connectivity index (χ1) is 22.5. The topological polar surface area (TPSA) is 105 Å². The number of phosphoric ester groups is 1. The molecule has 0 radical (unpaired) electrons. The van der Waals surface area contributed by atoms with Crippen LogP contribution in [0.25, 0.3) is 0 Å². The van der Waals surface area contributed by atoms with Crippen LogP contribution in [0.5, 0.6) is 0 Å². The van der Waals surface area contributed by atoms with Crippen molar-refractivity contribution in [1.82, 2.24) is 5.32 Å². The van der Waals surface area contributed by atoms with E-state index in [0.717, 1.165) is 38.5 Å². The fourth-order valence-corrected chi connectivity index (χ4v) is 6.60. The first-order valence-corrected chi connectivity index (χ1v) is 21.4. The number of aliphatic hydroxyl groups excluding tert-OH is 1. The van der Waals surface area contributed by atoms with Gasteiger partial charge in [0.1, 0.15) is 13.2 Å². The summed E-state index contributed by atoms with van der Waals surface area (Å²) in [4.78, 5) is 23.0. The normalized spacial score (nSPS) is 14.6. The molecule has 1 unspecified atom stereocenters. The average molecular weight is 692 g/mol. The van der Waals surface area contributed by atoms with Crippen LogP contribution in [-0.4, -0.2) is 73.4 Å². The molecule has 0 aromatic rings. The fraction of sp³-hybridized carbons (Fsp3) is 0.974. The third-order valence-electron chi connectivity index (χ3n) is 9.11. The van der Waals surface area contributed by atoms with Gasteiger partial charge < -0.3 is 19.8 Å². The van der Waals surface area contributed by atoms with Crippen LogP contribution in [0, 0.1) is 0 Å². The van der Waals surface area contributed by atoms with E-state index in [4.69, 9.17) is 9.05 Å². The second-order valence-corrected chi connectivity index (χ2v) is 16.5. The number of phosphoric acid groups is 1. The van der Waals surface area contributed by atoms with Crippen molar-refractivity contribution >= 4 is 13.7 Å². The van der Waals surface area contributed by atoms with Gasteiger partial charge in [0.05, 0.1) is 39.9 Å². The standard InChI is InChI=1S/C38H79N2O6P/c1-6-8-10-12-14-16-18-19-20-21-22-23-25-27-29-31-37(41)36(35-46-47(43,44)45-34-33-40(3,4)5)39-38(42)32-30-28-26-24-17-15-13-11-9-7-2/h36-37,41H,6-35H2,1-5H3,(H-,39,42,43,44)/p+1/t36-,37+/m0/s1. The number of nitrogens with one attached hydrogen (secondary N) is 1. The third-order valence-corrected chi connectivity index (χ3v) is 10.1. The highest BCUT2D eigenvalue weighted by atomic mass is 31.2. The van der Waals surface area contributed by atoms with Gasteiger partial charge in [0, 0.05) is 6.42 Å². The lowest BCUT2D eigenvalue weighted by Gasteiger charge is -2.26. The molecular weight excluding hydrogens is 611 g/mol. The Morgan fingerprint density at radius 2 is 1.02 bits per heavy atom. The summed E-state index contributed by atoms with van der Waals surface area (Å²) < 4.78 is 23.5. The smallest absolute Gasteiger partial charge is 0.391 e. The van der Waals surface area contributed by atoms with E-state index in [1.54, 1.807) is 0 Å². The van der Waals surface area contributed by atoms with Gasteiger partial charge in [-0.2, -0.15) is 0 Å². The molecule has 0 saturated heterocycles. The maximum absolute atomic E-state index is 12.8. The van der Waals surface area contributed by atoms with Gasteiger partial charge >= 0.3 is 7.82 Å². The van der Waals surface area contributed by atoms with E-state index in [2.05, 4.69) is 19.2 Å². The largest absolute Gasteiger partial charge is 0.472 e. The summed E-state index contributed by atoms with van der Waals surface area (Å²) in [6, 6.07) is -0.750. The number of amides is 1. The monoisotopic (exact) mass is 692 g/mol. The molecule has 9 heteroatoms. The highest BCUT2D eigenvalue weighted by molar-refractivity contribution is 7.47. The number of rotatable bonds is 36. The Hall–Kier alpha value is -0.500. The van der Waals surface area contributed by atoms with Gasteiger partial charge in [-0.25, -0.2) is 4.57 Å². The van der Waals surface area contributed by atoms with Crippen molar-refractivity contribution in [2.75, 3.05) is 40.9 Å². The van der Waals surface area contributed by atoms with Crippen LogP contribution < -0.4 is 5.32 Å². The van der Waals surface area contributed by atoms with E-state index in [1.165, 1.54) is 122 Å². The zero-order chi connectivity index (χ0) is 35.1. The summed E-state index contributed by atoms with van der Waals surface area (Å²) in [5, 5.41) is 13.9. The molecule has 8 nitrogen and oxygen atoms in total. The maximum atomic E-state index is 12.8. The van der Waals surface area contributed by atoms with Crippen molar-refractivity contribution in [1.29, 1.82) is 0 Å². The first kappa shape index (κ1) is 46.5. The summed E-state index contributed by atoms with van der Waals surface area (Å²) in [7, 11) is 1.62. The molecule has 0 aromatic heterocycles. The Kier molecular flexibility index (Phi) is 31.1. The summed E-state index contributed by atoms with van der Waals surface area (Å²) >= 11 is 0. The molecule has 0 aliphatic rings. The van der Waals surface area contributed by atoms with Crippen LogP contribution in [0.1, 0.15) is 187 Å². The van der Waals surface area contributed by atoms with E-state index in [1.807, 2.05) is 21.1 Å². The molecule has 0 aliphatic heterocycles. The van der Waals surface area contributed by atoms with Crippen molar-refractivity contribution in [2.45, 2.75) is 199 Å². The highest BCUT2D eigenvalue weighted by Gasteiger charge is 2.28. The minimum absolute atomic E-state index is 0.0781. The van der Waals surface area contributed by atoms with Crippen LogP contribution in [0.15, 0.2) is 0 Å². The molecule has 0 saturated carbocycles. The maximum Gasteiger partial charge on any atom is 0.472 e. The van der Waals surface area contributed by atoms with E-state index in [-0.39, 0.29) is 19.1 Å². The molecule has 3 N–H and O–H groups in total. The second-order valence-electron chi connectivity index (χ2n) is 15.0. The Morgan fingerprint density at radius 3 is 1.43 bits per heavy atom. The lowest BCUT2D eigenvalue weighted by atomic mass is 10.0. The van der Waals surface area contributed by atoms with Crippen LogP contribution in [0.3, 0.4) is 0 Å². The number of aliphatic hydroxyl groups is 1. The van der Waals surface area contributed by atoms with Crippen molar-refractivity contribution in [3.63, 3.8) is 0 Å². The number of carbonyl (C=O) groups excluding carboxylic acids is 1. The molecule has 0 aromatic carbocycles. The summed E-state index contributed by atoms with van der Waals surface area (Å²) in [6.45, 7) is 4.87. The van der Waals surface area contributed by atoms with Gasteiger partial charge in [0.2, 0.25) is 5.91 Å². The van der Waals surface area contributed by atoms with Crippen molar-refractivity contribution < 1.29 is 32.9 Å². The Labute approximate surface area is 291 Å². The van der Waals surface area contributed by atoms with Crippen molar-refractivity contribution in [3.05, 3.63) is 0 Å². The minimum atomic E-state index is -4.30. The van der Waals surface area contributed by atoms with Crippen LogP contribution >= 0.6 is 7.82 Å². The Balaban J connectivity index is 4.40. The fourth-order valence-electron chi connectivity index (χ4n) is 5.87. The van der Waals surface area contributed by atoms with E-state index in [0.29, 0.717) is 23.9 Å². The van der Waals surface area contributed by atoms with E-state index >= 15 is 0 Å². The quantitative estimate of drug-likeness (QED) is 0.0343. The average Bonchev–Trinajstić information content (AvgIpc) is 3.01. The number of likely N-dealkylation sites (N-methyl/N-ethyl adjacent to an activating group) is 1. The predicted octanol–water partition coefficient (Wildman–Crippen LogP) is 10.2. The van der Waals surface area contributed by atoms with Gasteiger partial charge in [0.15, 0.2) is 0 Å². The second kappa shape index (κ2) is 31.5. The zero-order valence-electron chi connectivity index (χ0n) is 31.8. The predicted molar refractivity (Wildman–Crippen MR) is 199 cm³/mol. The van der Waals surface area contributed by atoms with E-state index in [9.17, 15) is 19.4 Å². The van der Waals surface area contributed by atoms with Gasteiger partial charge in [0.25, 0.3) is 0 Å². The molecule has 0 fully saturated rings. The number of quaternary nitrogens is 1.